The Morgan fingerprint density at radius 1 is 1.47 bits per heavy atom. The molecule has 0 aliphatic heterocycles. The first kappa shape index (κ1) is 9.92. The van der Waals surface area contributed by atoms with Gasteiger partial charge in [-0.2, -0.15) is 5.10 Å². The predicted octanol–water partition coefficient (Wildman–Crippen LogP) is 0.837. The summed E-state index contributed by atoms with van der Waals surface area (Å²) in [6.45, 7) is 0.868. The highest BCUT2D eigenvalue weighted by molar-refractivity contribution is 5.53. The Morgan fingerprint density at radius 3 is 3.00 bits per heavy atom. The summed E-state index contributed by atoms with van der Waals surface area (Å²) in [6, 6.07) is 0. The lowest BCUT2D eigenvalue weighted by Gasteiger charge is -1.93. The van der Waals surface area contributed by atoms with E-state index in [2.05, 4.69) is 15.4 Å². The Balaban J connectivity index is 2.13. The SMILES string of the molecule is CNCCc1ncc(-c2cnn(C)c2)o1. The fourth-order valence-electron chi connectivity index (χ4n) is 1.34. The van der Waals surface area contributed by atoms with Gasteiger partial charge in [-0.3, -0.25) is 4.68 Å². The largest absolute Gasteiger partial charge is 0.441 e. The maximum absolute atomic E-state index is 5.58. The first-order chi connectivity index (χ1) is 7.29. The topological polar surface area (TPSA) is 55.9 Å². The van der Waals surface area contributed by atoms with Crippen LogP contribution in [-0.4, -0.2) is 28.4 Å². The van der Waals surface area contributed by atoms with E-state index in [1.165, 1.54) is 0 Å². The highest BCUT2D eigenvalue weighted by atomic mass is 16.4. The third-order valence-electron chi connectivity index (χ3n) is 2.13. The molecule has 0 aromatic carbocycles. The van der Waals surface area contributed by atoms with Crippen LogP contribution in [0.2, 0.25) is 0 Å². The van der Waals surface area contributed by atoms with Crippen molar-refractivity contribution in [2.75, 3.05) is 13.6 Å². The number of aryl methyl sites for hydroxylation is 1. The molecular formula is C10H14N4O. The van der Waals surface area contributed by atoms with Gasteiger partial charge in [-0.1, -0.05) is 0 Å². The Labute approximate surface area is 88.1 Å². The summed E-state index contributed by atoms with van der Waals surface area (Å²) in [5.74, 6) is 1.53. The summed E-state index contributed by atoms with van der Waals surface area (Å²) in [6.07, 6.45) is 6.21. The second-order valence-electron chi connectivity index (χ2n) is 3.37. The van der Waals surface area contributed by atoms with Crippen molar-refractivity contribution in [3.8, 4) is 11.3 Å². The van der Waals surface area contributed by atoms with Crippen molar-refractivity contribution in [2.24, 2.45) is 7.05 Å². The molecule has 0 saturated carbocycles. The van der Waals surface area contributed by atoms with E-state index in [0.717, 1.165) is 30.2 Å². The molecular weight excluding hydrogens is 192 g/mol. The van der Waals surface area contributed by atoms with Crippen LogP contribution in [0.15, 0.2) is 23.0 Å². The van der Waals surface area contributed by atoms with Crippen molar-refractivity contribution < 1.29 is 4.42 Å². The summed E-state index contributed by atoms with van der Waals surface area (Å²) in [7, 11) is 3.78. The number of nitrogens with zero attached hydrogens (tertiary/aromatic N) is 3. The van der Waals surface area contributed by atoms with E-state index in [4.69, 9.17) is 4.42 Å². The fourth-order valence-corrected chi connectivity index (χ4v) is 1.34. The van der Waals surface area contributed by atoms with E-state index in [-0.39, 0.29) is 0 Å². The van der Waals surface area contributed by atoms with Crippen molar-refractivity contribution in [3.05, 3.63) is 24.5 Å². The minimum atomic E-state index is 0.753. The van der Waals surface area contributed by atoms with Crippen LogP contribution in [0.1, 0.15) is 5.89 Å². The molecule has 80 valence electrons. The molecule has 5 nitrogen and oxygen atoms in total. The molecule has 0 bridgehead atoms. The second kappa shape index (κ2) is 4.27. The molecule has 2 aromatic heterocycles. The van der Waals surface area contributed by atoms with Gasteiger partial charge < -0.3 is 9.73 Å². The Kier molecular flexibility index (Phi) is 2.82. The third kappa shape index (κ3) is 2.24. The van der Waals surface area contributed by atoms with Gasteiger partial charge >= 0.3 is 0 Å². The first-order valence-electron chi connectivity index (χ1n) is 4.88. The number of rotatable bonds is 4. The van der Waals surface area contributed by atoms with Crippen molar-refractivity contribution in [1.82, 2.24) is 20.1 Å². The summed E-state index contributed by atoms with van der Waals surface area (Å²) in [4.78, 5) is 4.20. The van der Waals surface area contributed by atoms with Crippen molar-refractivity contribution in [3.63, 3.8) is 0 Å². The monoisotopic (exact) mass is 206 g/mol. The number of oxazole rings is 1. The summed E-state index contributed by atoms with van der Waals surface area (Å²) in [5, 5.41) is 7.13. The Morgan fingerprint density at radius 2 is 2.33 bits per heavy atom. The molecule has 0 spiro atoms. The lowest BCUT2D eigenvalue weighted by molar-refractivity contribution is 0.500. The van der Waals surface area contributed by atoms with Gasteiger partial charge in [0.05, 0.1) is 18.0 Å². The molecule has 5 heteroatoms. The number of hydrogen-bond donors (Lipinski definition) is 1. The van der Waals surface area contributed by atoms with Crippen LogP contribution >= 0.6 is 0 Å². The van der Waals surface area contributed by atoms with Crippen molar-refractivity contribution >= 4 is 0 Å². The zero-order valence-corrected chi connectivity index (χ0v) is 8.90. The lowest BCUT2D eigenvalue weighted by Crippen LogP contribution is -2.10. The summed E-state index contributed by atoms with van der Waals surface area (Å²) >= 11 is 0. The molecule has 0 saturated heterocycles. The van der Waals surface area contributed by atoms with Gasteiger partial charge in [0.2, 0.25) is 0 Å². The average Bonchev–Trinajstić information content (AvgIpc) is 2.83. The van der Waals surface area contributed by atoms with Gasteiger partial charge in [0.1, 0.15) is 0 Å². The standard InChI is InChI=1S/C10H14N4O/c1-11-4-3-10-12-6-9(15-10)8-5-13-14(2)7-8/h5-7,11H,3-4H2,1-2H3. The summed E-state index contributed by atoms with van der Waals surface area (Å²) < 4.78 is 7.32. The molecule has 2 aromatic rings. The highest BCUT2D eigenvalue weighted by Crippen LogP contribution is 2.19. The van der Waals surface area contributed by atoms with Crippen LogP contribution in [0.4, 0.5) is 0 Å². The highest BCUT2D eigenvalue weighted by Gasteiger charge is 2.07. The van der Waals surface area contributed by atoms with Crippen LogP contribution in [0.5, 0.6) is 0 Å². The maximum atomic E-state index is 5.58. The molecule has 0 unspecified atom stereocenters. The number of likely N-dealkylation sites (N-methyl/N-ethyl adjacent to an activating group) is 1. The molecule has 2 heterocycles. The van der Waals surface area contributed by atoms with Gasteiger partial charge in [0, 0.05) is 26.2 Å². The van der Waals surface area contributed by atoms with Gasteiger partial charge in [-0.15, -0.1) is 0 Å². The van der Waals surface area contributed by atoms with E-state index >= 15 is 0 Å². The Hall–Kier alpha value is -1.62. The normalized spacial score (nSPS) is 10.8. The molecule has 0 aliphatic rings. The van der Waals surface area contributed by atoms with Gasteiger partial charge in [-0.25, -0.2) is 4.98 Å². The first-order valence-corrected chi connectivity index (χ1v) is 4.88. The smallest absolute Gasteiger partial charge is 0.196 e. The van der Waals surface area contributed by atoms with E-state index in [1.54, 1.807) is 17.1 Å². The maximum Gasteiger partial charge on any atom is 0.196 e. The van der Waals surface area contributed by atoms with Gasteiger partial charge in [0.15, 0.2) is 11.7 Å². The van der Waals surface area contributed by atoms with Gasteiger partial charge in [-0.05, 0) is 7.05 Å². The van der Waals surface area contributed by atoms with Crippen LogP contribution in [-0.2, 0) is 13.5 Å². The summed E-state index contributed by atoms with van der Waals surface area (Å²) in [5.41, 5.74) is 0.959. The molecule has 0 aliphatic carbocycles. The van der Waals surface area contributed by atoms with Crippen molar-refractivity contribution in [2.45, 2.75) is 6.42 Å². The molecule has 15 heavy (non-hydrogen) atoms. The minimum absolute atomic E-state index is 0.753. The van der Waals surface area contributed by atoms with Crippen LogP contribution in [0.25, 0.3) is 11.3 Å². The quantitative estimate of drug-likeness (QED) is 0.805. The van der Waals surface area contributed by atoms with E-state index < -0.39 is 0 Å². The molecule has 0 amide bonds. The number of hydrogen-bond acceptors (Lipinski definition) is 4. The molecule has 2 rings (SSSR count). The molecule has 0 atom stereocenters. The number of nitrogens with one attached hydrogen (secondary N) is 1. The zero-order valence-electron chi connectivity index (χ0n) is 8.90. The van der Waals surface area contributed by atoms with Crippen LogP contribution in [0.3, 0.4) is 0 Å². The Bertz CT molecular complexity index is 432. The zero-order chi connectivity index (χ0) is 10.7. The van der Waals surface area contributed by atoms with E-state index in [9.17, 15) is 0 Å². The van der Waals surface area contributed by atoms with E-state index in [1.807, 2.05) is 20.3 Å². The second-order valence-corrected chi connectivity index (χ2v) is 3.37. The van der Waals surface area contributed by atoms with Gasteiger partial charge in [0.25, 0.3) is 0 Å². The molecule has 0 fully saturated rings. The fraction of sp³-hybridized carbons (Fsp3) is 0.400. The number of aromatic nitrogens is 3. The third-order valence-corrected chi connectivity index (χ3v) is 2.13. The van der Waals surface area contributed by atoms with Crippen LogP contribution < -0.4 is 5.32 Å². The average molecular weight is 206 g/mol. The van der Waals surface area contributed by atoms with Crippen LogP contribution in [0, 0.1) is 0 Å². The lowest BCUT2D eigenvalue weighted by atomic mass is 10.3. The van der Waals surface area contributed by atoms with Crippen molar-refractivity contribution in [1.29, 1.82) is 0 Å². The minimum Gasteiger partial charge on any atom is -0.441 e. The predicted molar refractivity (Wildman–Crippen MR) is 56.3 cm³/mol. The van der Waals surface area contributed by atoms with E-state index in [0.29, 0.717) is 0 Å². The molecule has 1 N–H and O–H groups in total. The molecule has 0 radical (unpaired) electrons.